The van der Waals surface area contributed by atoms with Crippen LogP contribution in [-0.2, 0) is 6.42 Å². The number of carbonyl (C=O) groups excluding carboxylic acids is 1. The van der Waals surface area contributed by atoms with Crippen LogP contribution in [0.1, 0.15) is 57.7 Å². The summed E-state index contributed by atoms with van der Waals surface area (Å²) in [4.78, 5) is 23.7. The molecule has 0 saturated carbocycles. The Hall–Kier alpha value is -3.09. The Morgan fingerprint density at radius 3 is 2.50 bits per heavy atom. The molecular formula is C28H43N5O. The lowest BCUT2D eigenvalue weighted by molar-refractivity contribution is 0.102. The van der Waals surface area contributed by atoms with E-state index in [1.807, 2.05) is 40.0 Å². The maximum absolute atomic E-state index is 12.8. The molecule has 0 aliphatic rings. The largest absolute Gasteiger partial charge is 0.316 e. The molecule has 0 unspecified atom stereocenters. The van der Waals surface area contributed by atoms with Crippen LogP contribution in [0.15, 0.2) is 54.9 Å². The third-order valence-corrected chi connectivity index (χ3v) is 5.17. The summed E-state index contributed by atoms with van der Waals surface area (Å²) in [6.07, 6.45) is 7.44. The highest BCUT2D eigenvalue weighted by Gasteiger charge is 2.10. The number of amides is 1. The van der Waals surface area contributed by atoms with Crippen molar-refractivity contribution in [3.05, 3.63) is 71.7 Å². The number of nitrogens with one attached hydrogen (secondary N) is 2. The van der Waals surface area contributed by atoms with E-state index in [2.05, 4.69) is 63.9 Å². The fraction of sp³-hybridized carbons (Fsp3) is 0.393. The van der Waals surface area contributed by atoms with E-state index in [1.54, 1.807) is 18.5 Å². The number of aryl methyl sites for hydroxylation is 1. The van der Waals surface area contributed by atoms with E-state index < -0.39 is 0 Å². The number of pyridine rings is 2. The second-order valence-corrected chi connectivity index (χ2v) is 7.87. The van der Waals surface area contributed by atoms with Gasteiger partial charge in [0.1, 0.15) is 5.82 Å². The summed E-state index contributed by atoms with van der Waals surface area (Å²) < 4.78 is 0. The maximum atomic E-state index is 12.8. The molecule has 34 heavy (non-hydrogen) atoms. The van der Waals surface area contributed by atoms with Gasteiger partial charge in [0.15, 0.2) is 0 Å². The second-order valence-electron chi connectivity index (χ2n) is 7.87. The number of likely N-dealkylation sites (N-methyl/N-ethyl adjacent to an activating group) is 1. The molecule has 0 atom stereocenters. The van der Waals surface area contributed by atoms with Gasteiger partial charge in [-0.1, -0.05) is 39.5 Å². The summed E-state index contributed by atoms with van der Waals surface area (Å²) in [5, 5.41) is 8.20. The molecular weight excluding hydrogens is 422 g/mol. The fourth-order valence-electron chi connectivity index (χ4n) is 3.49. The quantitative estimate of drug-likeness (QED) is 0.411. The first-order valence-electron chi connectivity index (χ1n) is 11.6. The number of fused-ring (bicyclic) bond motifs is 1. The number of anilines is 1. The van der Waals surface area contributed by atoms with Gasteiger partial charge in [0.05, 0.1) is 0 Å². The molecule has 6 nitrogen and oxygen atoms in total. The number of allylic oxidation sites excluding steroid dienone is 1. The summed E-state index contributed by atoms with van der Waals surface area (Å²) >= 11 is 0. The number of hydrogen-bond donors (Lipinski definition) is 2. The molecule has 2 N–H and O–H groups in total. The maximum Gasteiger partial charge on any atom is 0.256 e. The highest BCUT2D eigenvalue weighted by Crippen LogP contribution is 2.23. The standard InChI is InChI=1S/C25H31N5O.C2H6.CH4.H2/c1-5-18(16-26-2)19-8-9-21-17-28-24(15-22(21)13-19)29-25(31)20-10-11-27-23(14-20)7-6-12-30(3)4;1-2;;/h5,8-11,13-15,17,26H,6-7,12,16H2,1-4H3,(H,28,29,31);1-2H3;1H4;1H/b18-5+;;;. The van der Waals surface area contributed by atoms with Crippen molar-refractivity contribution in [2.75, 3.05) is 39.5 Å². The van der Waals surface area contributed by atoms with E-state index in [4.69, 9.17) is 0 Å². The number of nitrogens with zero attached hydrogens (tertiary/aromatic N) is 3. The zero-order chi connectivity index (χ0) is 24.2. The van der Waals surface area contributed by atoms with Crippen LogP contribution >= 0.6 is 0 Å². The smallest absolute Gasteiger partial charge is 0.256 e. The molecule has 0 spiro atoms. The predicted octanol–water partition coefficient (Wildman–Crippen LogP) is 5.91. The molecule has 0 saturated heterocycles. The van der Waals surface area contributed by atoms with Crippen LogP contribution in [0.5, 0.6) is 0 Å². The molecule has 2 heterocycles. The first-order valence-corrected chi connectivity index (χ1v) is 11.6. The Morgan fingerprint density at radius 1 is 1.06 bits per heavy atom. The summed E-state index contributed by atoms with van der Waals surface area (Å²) in [5.41, 5.74) is 3.90. The van der Waals surface area contributed by atoms with Crippen molar-refractivity contribution in [1.29, 1.82) is 0 Å². The SMILES string of the molecule is C.C/C=C(\CNC)c1ccc2cnc(NC(=O)c3ccnc(CCCN(C)C)c3)cc2c1.CC.[HH]. The average Bonchev–Trinajstić information content (AvgIpc) is 2.83. The van der Waals surface area contributed by atoms with E-state index in [0.717, 1.165) is 48.0 Å². The molecule has 0 aliphatic heterocycles. The number of hydrogen-bond acceptors (Lipinski definition) is 5. The van der Waals surface area contributed by atoms with Gasteiger partial charge in [-0.3, -0.25) is 9.78 Å². The molecule has 2 aromatic heterocycles. The van der Waals surface area contributed by atoms with Crippen molar-refractivity contribution in [2.45, 2.75) is 41.0 Å². The minimum absolute atomic E-state index is 0. The van der Waals surface area contributed by atoms with Crippen molar-refractivity contribution in [3.8, 4) is 0 Å². The molecule has 6 heteroatoms. The van der Waals surface area contributed by atoms with Crippen LogP contribution in [0.2, 0.25) is 0 Å². The van der Waals surface area contributed by atoms with Gasteiger partial charge in [0.25, 0.3) is 5.91 Å². The lowest BCUT2D eigenvalue weighted by atomic mass is 10.0. The van der Waals surface area contributed by atoms with Crippen molar-refractivity contribution >= 4 is 28.1 Å². The molecule has 0 radical (unpaired) electrons. The van der Waals surface area contributed by atoms with Crippen molar-refractivity contribution in [3.63, 3.8) is 0 Å². The predicted molar refractivity (Wildman–Crippen MR) is 149 cm³/mol. The molecule has 0 aliphatic carbocycles. The number of aromatic nitrogens is 2. The molecule has 186 valence electrons. The van der Waals surface area contributed by atoms with Gasteiger partial charge >= 0.3 is 0 Å². The first kappa shape index (κ1) is 28.9. The Kier molecular flexibility index (Phi) is 12.7. The van der Waals surface area contributed by atoms with Crippen LogP contribution in [0, 0.1) is 0 Å². The average molecular weight is 466 g/mol. The van der Waals surface area contributed by atoms with Crippen LogP contribution in [0.4, 0.5) is 5.82 Å². The Balaban J connectivity index is 0.00000282. The van der Waals surface area contributed by atoms with Gasteiger partial charge in [-0.2, -0.15) is 0 Å². The molecule has 0 bridgehead atoms. The van der Waals surface area contributed by atoms with E-state index in [9.17, 15) is 4.79 Å². The van der Waals surface area contributed by atoms with Crippen LogP contribution < -0.4 is 10.6 Å². The normalized spacial score (nSPS) is 11.0. The van der Waals surface area contributed by atoms with Crippen LogP contribution in [0.25, 0.3) is 16.3 Å². The number of carbonyl (C=O) groups is 1. The molecule has 0 fully saturated rings. The molecule has 3 rings (SSSR count). The highest BCUT2D eigenvalue weighted by molar-refractivity contribution is 6.04. The molecule has 1 aromatic carbocycles. The van der Waals surface area contributed by atoms with E-state index in [0.29, 0.717) is 11.4 Å². The zero-order valence-electron chi connectivity index (χ0n) is 20.8. The lowest BCUT2D eigenvalue weighted by Gasteiger charge is -2.10. The Morgan fingerprint density at radius 2 is 1.82 bits per heavy atom. The number of rotatable bonds is 9. The highest BCUT2D eigenvalue weighted by atomic mass is 16.1. The summed E-state index contributed by atoms with van der Waals surface area (Å²) in [6, 6.07) is 11.8. The number of benzene rings is 1. The second kappa shape index (κ2) is 14.9. The third-order valence-electron chi connectivity index (χ3n) is 5.17. The van der Waals surface area contributed by atoms with Gasteiger partial charge in [-0.25, -0.2) is 4.98 Å². The first-order chi connectivity index (χ1) is 16.0. The van der Waals surface area contributed by atoms with Crippen molar-refractivity contribution in [1.82, 2.24) is 20.2 Å². The van der Waals surface area contributed by atoms with Crippen molar-refractivity contribution in [2.24, 2.45) is 0 Å². The Labute approximate surface area is 207 Å². The van der Waals surface area contributed by atoms with Gasteiger partial charge < -0.3 is 15.5 Å². The zero-order valence-corrected chi connectivity index (χ0v) is 20.8. The molecule has 3 aromatic rings. The fourth-order valence-corrected chi connectivity index (χ4v) is 3.49. The summed E-state index contributed by atoms with van der Waals surface area (Å²) in [6.45, 7) is 7.83. The van der Waals surface area contributed by atoms with E-state index in [-0.39, 0.29) is 14.8 Å². The monoisotopic (exact) mass is 465 g/mol. The van der Waals surface area contributed by atoms with Gasteiger partial charge in [-0.05, 0) is 88.2 Å². The minimum atomic E-state index is -0.177. The van der Waals surface area contributed by atoms with Crippen LogP contribution in [-0.4, -0.2) is 55.0 Å². The summed E-state index contributed by atoms with van der Waals surface area (Å²) in [7, 11) is 6.04. The third kappa shape index (κ3) is 8.36. The summed E-state index contributed by atoms with van der Waals surface area (Å²) in [5.74, 6) is 0.361. The van der Waals surface area contributed by atoms with E-state index >= 15 is 0 Å². The lowest BCUT2D eigenvalue weighted by Crippen LogP contribution is -2.15. The van der Waals surface area contributed by atoms with Gasteiger partial charge in [0, 0.05) is 37.0 Å². The van der Waals surface area contributed by atoms with Crippen LogP contribution in [0.3, 0.4) is 0 Å². The van der Waals surface area contributed by atoms with Gasteiger partial charge in [-0.15, -0.1) is 0 Å². The Bertz CT molecular complexity index is 1080. The minimum Gasteiger partial charge on any atom is -0.316 e. The van der Waals surface area contributed by atoms with E-state index in [1.165, 1.54) is 5.57 Å². The van der Waals surface area contributed by atoms with Crippen molar-refractivity contribution < 1.29 is 6.22 Å². The van der Waals surface area contributed by atoms with Gasteiger partial charge in [0.2, 0.25) is 0 Å². The topological polar surface area (TPSA) is 70.1 Å². The molecule has 1 amide bonds.